The molecular formula is C18H15F2N3O2. The smallest absolute Gasteiger partial charge is 0.310 e. The lowest BCUT2D eigenvalue weighted by molar-refractivity contribution is -0.138. The van der Waals surface area contributed by atoms with Gasteiger partial charge in [0, 0.05) is 17.8 Å². The van der Waals surface area contributed by atoms with Gasteiger partial charge in [0.05, 0.1) is 23.1 Å². The quantitative estimate of drug-likeness (QED) is 0.725. The molecule has 5 nitrogen and oxygen atoms in total. The molecule has 0 amide bonds. The predicted molar refractivity (Wildman–Crippen MR) is 89.8 cm³/mol. The first-order chi connectivity index (χ1) is 12.0. The average Bonchev–Trinajstić information content (AvgIpc) is 2.58. The largest absolute Gasteiger partial charge is 0.481 e. The molecule has 0 saturated carbocycles. The van der Waals surface area contributed by atoms with E-state index in [2.05, 4.69) is 15.3 Å². The summed E-state index contributed by atoms with van der Waals surface area (Å²) in [6, 6.07) is 8.91. The van der Waals surface area contributed by atoms with Crippen LogP contribution in [0.15, 0.2) is 42.6 Å². The van der Waals surface area contributed by atoms with E-state index in [-0.39, 0.29) is 11.0 Å². The molecule has 0 aliphatic carbocycles. The Morgan fingerprint density at radius 1 is 1.16 bits per heavy atom. The Hall–Kier alpha value is -3.09. The third-order valence-electron chi connectivity index (χ3n) is 3.88. The van der Waals surface area contributed by atoms with Gasteiger partial charge in [0.15, 0.2) is 11.6 Å². The van der Waals surface area contributed by atoms with Crippen LogP contribution in [0.4, 0.5) is 20.3 Å². The molecule has 25 heavy (non-hydrogen) atoms. The second-order valence-electron chi connectivity index (χ2n) is 5.56. The summed E-state index contributed by atoms with van der Waals surface area (Å²) in [5, 5.41) is 12.2. The summed E-state index contributed by atoms with van der Waals surface area (Å²) in [5.41, 5.74) is 1.88. The van der Waals surface area contributed by atoms with Crippen molar-refractivity contribution in [1.82, 2.24) is 9.97 Å². The molecule has 2 N–H and O–H groups in total. The molecule has 0 saturated heterocycles. The molecule has 1 atom stereocenters. The van der Waals surface area contributed by atoms with Crippen molar-refractivity contribution in [2.24, 2.45) is 0 Å². The van der Waals surface area contributed by atoms with E-state index in [1.807, 2.05) is 6.92 Å². The molecule has 1 unspecified atom stereocenters. The van der Waals surface area contributed by atoms with Crippen molar-refractivity contribution in [2.75, 3.05) is 5.32 Å². The lowest BCUT2D eigenvalue weighted by Gasteiger charge is -2.11. The van der Waals surface area contributed by atoms with Gasteiger partial charge in [-0.2, -0.15) is 0 Å². The first-order valence-corrected chi connectivity index (χ1v) is 7.69. The van der Waals surface area contributed by atoms with Gasteiger partial charge in [0.25, 0.3) is 0 Å². The van der Waals surface area contributed by atoms with Crippen LogP contribution >= 0.6 is 0 Å². The minimum atomic E-state index is -0.984. The number of halogens is 2. The summed E-state index contributed by atoms with van der Waals surface area (Å²) < 4.78 is 26.5. The Balaban J connectivity index is 1.83. The summed E-state index contributed by atoms with van der Waals surface area (Å²) in [6.07, 6.45) is 1.92. The molecule has 0 aliphatic heterocycles. The minimum Gasteiger partial charge on any atom is -0.481 e. The minimum absolute atomic E-state index is 0.234. The van der Waals surface area contributed by atoms with Crippen molar-refractivity contribution < 1.29 is 18.7 Å². The molecular weight excluding hydrogens is 328 g/mol. The number of nitrogens with one attached hydrogen (secondary N) is 1. The van der Waals surface area contributed by atoms with Crippen LogP contribution in [0.1, 0.15) is 24.8 Å². The van der Waals surface area contributed by atoms with Crippen LogP contribution in [-0.2, 0) is 4.79 Å². The van der Waals surface area contributed by atoms with E-state index < -0.39 is 23.5 Å². The second-order valence-corrected chi connectivity index (χ2v) is 5.56. The Kier molecular flexibility index (Phi) is 4.56. The highest BCUT2D eigenvalue weighted by molar-refractivity contribution is 5.77. The van der Waals surface area contributed by atoms with Gasteiger partial charge < -0.3 is 10.4 Å². The van der Waals surface area contributed by atoms with Crippen LogP contribution in [-0.4, -0.2) is 21.0 Å². The van der Waals surface area contributed by atoms with Crippen molar-refractivity contribution >= 4 is 28.5 Å². The summed E-state index contributed by atoms with van der Waals surface area (Å²) in [5.74, 6) is -2.99. The highest BCUT2D eigenvalue weighted by atomic mass is 19.2. The number of benzene rings is 2. The fourth-order valence-electron chi connectivity index (χ4n) is 2.57. The van der Waals surface area contributed by atoms with E-state index in [4.69, 9.17) is 0 Å². The van der Waals surface area contributed by atoms with Crippen LogP contribution < -0.4 is 5.32 Å². The third-order valence-corrected chi connectivity index (χ3v) is 3.88. The topological polar surface area (TPSA) is 75.1 Å². The summed E-state index contributed by atoms with van der Waals surface area (Å²) in [7, 11) is 0. The summed E-state index contributed by atoms with van der Waals surface area (Å²) in [6.45, 7) is 1.82. The van der Waals surface area contributed by atoms with Gasteiger partial charge in [0.1, 0.15) is 5.82 Å². The average molecular weight is 343 g/mol. The Bertz CT molecular complexity index is 930. The first-order valence-electron chi connectivity index (χ1n) is 7.69. The highest BCUT2D eigenvalue weighted by Crippen LogP contribution is 2.23. The molecule has 3 rings (SSSR count). The third kappa shape index (κ3) is 3.55. The monoisotopic (exact) mass is 343 g/mol. The summed E-state index contributed by atoms with van der Waals surface area (Å²) >= 11 is 0. The van der Waals surface area contributed by atoms with Gasteiger partial charge >= 0.3 is 5.97 Å². The molecule has 0 spiro atoms. The molecule has 128 valence electrons. The van der Waals surface area contributed by atoms with Crippen LogP contribution in [0.3, 0.4) is 0 Å². The van der Waals surface area contributed by atoms with Gasteiger partial charge in [-0.25, -0.2) is 13.8 Å². The van der Waals surface area contributed by atoms with E-state index in [0.29, 0.717) is 23.5 Å². The number of fused-ring (bicyclic) bond motifs is 1. The maximum atomic E-state index is 13.3. The number of carbonyl (C=O) groups is 1. The number of hydrogen-bond acceptors (Lipinski definition) is 4. The zero-order valence-electron chi connectivity index (χ0n) is 13.3. The van der Waals surface area contributed by atoms with Crippen molar-refractivity contribution in [3.05, 3.63) is 59.8 Å². The number of anilines is 2. The molecule has 3 aromatic rings. The first kappa shape index (κ1) is 16.8. The van der Waals surface area contributed by atoms with Gasteiger partial charge in [0.2, 0.25) is 0 Å². The molecule has 1 aromatic heterocycles. The molecule has 7 heteroatoms. The van der Waals surface area contributed by atoms with E-state index in [9.17, 15) is 18.7 Å². The number of carboxylic acids is 1. The number of nitrogens with zero attached hydrogens (tertiary/aromatic N) is 2. The zero-order valence-corrected chi connectivity index (χ0v) is 13.3. The maximum Gasteiger partial charge on any atom is 0.310 e. The van der Waals surface area contributed by atoms with E-state index in [0.717, 1.165) is 12.1 Å². The molecule has 0 radical (unpaired) electrons. The van der Waals surface area contributed by atoms with Gasteiger partial charge in [-0.05, 0) is 24.1 Å². The molecule has 0 fully saturated rings. The summed E-state index contributed by atoms with van der Waals surface area (Å²) in [4.78, 5) is 19.4. The van der Waals surface area contributed by atoms with Crippen molar-refractivity contribution in [1.29, 1.82) is 0 Å². The SMILES string of the molecule is CCC(C(=O)O)c1ccc(Nc2cnc3cc(F)c(F)cc3n2)cc1. The van der Waals surface area contributed by atoms with E-state index in [1.54, 1.807) is 24.3 Å². The number of carboxylic acid groups (broad SMARTS) is 1. The predicted octanol–water partition coefficient (Wildman–Crippen LogP) is 4.23. The fourth-order valence-corrected chi connectivity index (χ4v) is 2.57. The molecule has 1 heterocycles. The molecule has 0 aliphatic rings. The van der Waals surface area contributed by atoms with E-state index >= 15 is 0 Å². The lowest BCUT2D eigenvalue weighted by atomic mass is 9.96. The molecule has 0 bridgehead atoms. The number of hydrogen-bond donors (Lipinski definition) is 2. The maximum absolute atomic E-state index is 13.3. The Labute approximate surface area is 142 Å². The standard InChI is InChI=1S/C18H15F2N3O2/c1-2-12(18(24)25)10-3-5-11(6-4-10)22-17-9-21-15-7-13(19)14(20)8-16(15)23-17/h3-9,12H,2H2,1H3,(H,22,23)(H,24,25). The fraction of sp³-hybridized carbons (Fsp3) is 0.167. The lowest BCUT2D eigenvalue weighted by Crippen LogP contribution is -2.10. The Morgan fingerprint density at radius 3 is 2.40 bits per heavy atom. The van der Waals surface area contributed by atoms with Crippen LogP contribution in [0.25, 0.3) is 11.0 Å². The van der Waals surface area contributed by atoms with Gasteiger partial charge in [-0.3, -0.25) is 9.78 Å². The van der Waals surface area contributed by atoms with Crippen molar-refractivity contribution in [3.63, 3.8) is 0 Å². The van der Waals surface area contributed by atoms with Gasteiger partial charge in [-0.1, -0.05) is 19.1 Å². The number of rotatable bonds is 5. The van der Waals surface area contributed by atoms with Crippen molar-refractivity contribution in [2.45, 2.75) is 19.3 Å². The molecule has 2 aromatic carbocycles. The zero-order chi connectivity index (χ0) is 18.0. The van der Waals surface area contributed by atoms with Crippen LogP contribution in [0, 0.1) is 11.6 Å². The van der Waals surface area contributed by atoms with Crippen LogP contribution in [0.2, 0.25) is 0 Å². The number of aromatic nitrogens is 2. The van der Waals surface area contributed by atoms with Crippen molar-refractivity contribution in [3.8, 4) is 0 Å². The normalized spacial score (nSPS) is 12.1. The Morgan fingerprint density at radius 2 is 1.80 bits per heavy atom. The second kappa shape index (κ2) is 6.80. The van der Waals surface area contributed by atoms with Gasteiger partial charge in [-0.15, -0.1) is 0 Å². The highest BCUT2D eigenvalue weighted by Gasteiger charge is 2.17. The number of aliphatic carboxylic acids is 1. The van der Waals surface area contributed by atoms with E-state index in [1.165, 1.54) is 6.20 Å². The van der Waals surface area contributed by atoms with Crippen LogP contribution in [0.5, 0.6) is 0 Å².